The first-order valence-corrected chi connectivity index (χ1v) is 6.10. The standard InChI is InChI=1S/C8H6BrF3O3S/c1-5-2-3-6(4-7(5)9)15-16(13,14)8(10,11)12/h2-4H,1H3. The topological polar surface area (TPSA) is 43.4 Å². The third-order valence-corrected chi connectivity index (χ3v) is 3.47. The van der Waals surface area contributed by atoms with E-state index in [1.54, 1.807) is 6.92 Å². The molecule has 0 aliphatic heterocycles. The molecule has 0 saturated heterocycles. The molecule has 0 aromatic heterocycles. The van der Waals surface area contributed by atoms with E-state index in [1.165, 1.54) is 6.07 Å². The highest BCUT2D eigenvalue weighted by molar-refractivity contribution is 9.10. The van der Waals surface area contributed by atoms with Gasteiger partial charge in [-0.05, 0) is 24.6 Å². The molecule has 0 atom stereocenters. The Bertz CT molecular complexity index is 496. The summed E-state index contributed by atoms with van der Waals surface area (Å²) in [6.07, 6.45) is 0. The molecule has 8 heteroatoms. The highest BCUT2D eigenvalue weighted by atomic mass is 79.9. The lowest BCUT2D eigenvalue weighted by atomic mass is 10.2. The second-order valence-electron chi connectivity index (χ2n) is 2.89. The van der Waals surface area contributed by atoms with E-state index in [4.69, 9.17) is 0 Å². The lowest BCUT2D eigenvalue weighted by Crippen LogP contribution is -2.28. The summed E-state index contributed by atoms with van der Waals surface area (Å²) in [5.41, 5.74) is -4.68. The number of hydrogen-bond donors (Lipinski definition) is 0. The van der Waals surface area contributed by atoms with Gasteiger partial charge in [0.2, 0.25) is 0 Å². The smallest absolute Gasteiger partial charge is 0.376 e. The average molecular weight is 319 g/mol. The van der Waals surface area contributed by atoms with Crippen molar-refractivity contribution < 1.29 is 25.8 Å². The molecule has 1 aromatic carbocycles. The van der Waals surface area contributed by atoms with Crippen molar-refractivity contribution in [2.24, 2.45) is 0 Å². The van der Waals surface area contributed by atoms with E-state index < -0.39 is 21.4 Å². The van der Waals surface area contributed by atoms with Gasteiger partial charge in [0.1, 0.15) is 5.75 Å². The molecule has 0 amide bonds. The van der Waals surface area contributed by atoms with Gasteiger partial charge in [0.15, 0.2) is 0 Å². The first kappa shape index (κ1) is 13.3. The Hall–Kier alpha value is -0.760. The monoisotopic (exact) mass is 318 g/mol. The van der Waals surface area contributed by atoms with Crippen LogP contribution < -0.4 is 4.18 Å². The molecule has 0 unspecified atom stereocenters. The van der Waals surface area contributed by atoms with Crippen molar-refractivity contribution in [2.45, 2.75) is 12.4 Å². The number of benzene rings is 1. The molecule has 0 radical (unpaired) electrons. The van der Waals surface area contributed by atoms with Crippen LogP contribution in [0.5, 0.6) is 5.75 Å². The minimum Gasteiger partial charge on any atom is -0.376 e. The van der Waals surface area contributed by atoms with Gasteiger partial charge in [-0.15, -0.1) is 0 Å². The lowest BCUT2D eigenvalue weighted by molar-refractivity contribution is -0.0500. The summed E-state index contributed by atoms with van der Waals surface area (Å²) in [6.45, 7) is 1.70. The molecule has 0 bridgehead atoms. The Morgan fingerprint density at radius 3 is 2.31 bits per heavy atom. The predicted molar refractivity (Wildman–Crippen MR) is 54.5 cm³/mol. The summed E-state index contributed by atoms with van der Waals surface area (Å²) in [5, 5.41) is 0. The van der Waals surface area contributed by atoms with E-state index >= 15 is 0 Å². The molecular formula is C8H6BrF3O3S. The van der Waals surface area contributed by atoms with Crippen LogP contribution in [0.2, 0.25) is 0 Å². The van der Waals surface area contributed by atoms with Crippen molar-refractivity contribution in [1.29, 1.82) is 0 Å². The van der Waals surface area contributed by atoms with Gasteiger partial charge in [-0.2, -0.15) is 21.6 Å². The van der Waals surface area contributed by atoms with Crippen molar-refractivity contribution in [3.05, 3.63) is 28.2 Å². The Labute approximate surface area is 98.5 Å². The van der Waals surface area contributed by atoms with E-state index in [2.05, 4.69) is 20.1 Å². The second kappa shape index (κ2) is 4.25. The van der Waals surface area contributed by atoms with Gasteiger partial charge in [-0.3, -0.25) is 0 Å². The van der Waals surface area contributed by atoms with Crippen molar-refractivity contribution >= 4 is 26.0 Å². The number of hydrogen-bond acceptors (Lipinski definition) is 3. The fraction of sp³-hybridized carbons (Fsp3) is 0.250. The number of aryl methyl sites for hydroxylation is 1. The zero-order chi connectivity index (χ0) is 12.6. The number of rotatable bonds is 2. The third-order valence-electron chi connectivity index (χ3n) is 1.63. The summed E-state index contributed by atoms with van der Waals surface area (Å²) < 4.78 is 61.6. The molecule has 16 heavy (non-hydrogen) atoms. The Morgan fingerprint density at radius 2 is 1.88 bits per heavy atom. The molecule has 90 valence electrons. The Morgan fingerprint density at radius 1 is 1.31 bits per heavy atom. The molecule has 0 heterocycles. The molecule has 1 aromatic rings. The number of alkyl halides is 3. The fourth-order valence-electron chi connectivity index (χ4n) is 0.799. The van der Waals surface area contributed by atoms with E-state index in [0.29, 0.717) is 4.47 Å². The van der Waals surface area contributed by atoms with E-state index in [0.717, 1.165) is 17.7 Å². The van der Waals surface area contributed by atoms with Gasteiger partial charge in [0, 0.05) is 4.47 Å². The normalized spacial score (nSPS) is 12.6. The minimum atomic E-state index is -5.60. The predicted octanol–water partition coefficient (Wildman–Crippen LogP) is 2.99. The maximum atomic E-state index is 12.0. The maximum Gasteiger partial charge on any atom is 0.534 e. The Balaban J connectivity index is 3.03. The molecular weight excluding hydrogens is 313 g/mol. The summed E-state index contributed by atoms with van der Waals surface area (Å²) in [6, 6.07) is 3.73. The SMILES string of the molecule is Cc1ccc(OS(=O)(=O)C(F)(F)F)cc1Br. The first-order chi connectivity index (χ1) is 7.13. The van der Waals surface area contributed by atoms with Crippen molar-refractivity contribution in [3.63, 3.8) is 0 Å². The summed E-state index contributed by atoms with van der Waals surface area (Å²) >= 11 is 3.05. The van der Waals surface area contributed by atoms with E-state index in [1.807, 2.05) is 0 Å². The van der Waals surface area contributed by atoms with Gasteiger partial charge in [0.05, 0.1) is 0 Å². The maximum absolute atomic E-state index is 12.0. The van der Waals surface area contributed by atoms with Crippen LogP contribution in [0.15, 0.2) is 22.7 Å². The average Bonchev–Trinajstić information content (AvgIpc) is 2.09. The second-order valence-corrected chi connectivity index (χ2v) is 5.29. The minimum absolute atomic E-state index is 0.394. The quantitative estimate of drug-likeness (QED) is 0.622. The number of halogens is 4. The van der Waals surface area contributed by atoms with Crippen LogP contribution in [-0.4, -0.2) is 13.9 Å². The first-order valence-electron chi connectivity index (χ1n) is 3.90. The molecule has 0 aliphatic rings. The highest BCUT2D eigenvalue weighted by Gasteiger charge is 2.48. The van der Waals surface area contributed by atoms with Crippen LogP contribution in [0.25, 0.3) is 0 Å². The van der Waals surface area contributed by atoms with Crippen LogP contribution in [0.3, 0.4) is 0 Å². The Kier molecular flexibility index (Phi) is 3.53. The lowest BCUT2D eigenvalue weighted by Gasteiger charge is -2.09. The fourth-order valence-corrected chi connectivity index (χ4v) is 1.61. The van der Waals surface area contributed by atoms with Crippen molar-refractivity contribution in [3.8, 4) is 5.75 Å². The van der Waals surface area contributed by atoms with Crippen LogP contribution in [-0.2, 0) is 10.1 Å². The summed E-state index contributed by atoms with van der Waals surface area (Å²) in [4.78, 5) is 0. The third kappa shape index (κ3) is 2.88. The molecule has 0 saturated carbocycles. The zero-order valence-electron chi connectivity index (χ0n) is 7.88. The van der Waals surface area contributed by atoms with Crippen LogP contribution >= 0.6 is 15.9 Å². The van der Waals surface area contributed by atoms with Gasteiger partial charge in [-0.1, -0.05) is 22.0 Å². The van der Waals surface area contributed by atoms with Crippen molar-refractivity contribution in [2.75, 3.05) is 0 Å². The largest absolute Gasteiger partial charge is 0.534 e. The van der Waals surface area contributed by atoms with E-state index in [9.17, 15) is 21.6 Å². The molecule has 3 nitrogen and oxygen atoms in total. The van der Waals surface area contributed by atoms with Crippen molar-refractivity contribution in [1.82, 2.24) is 0 Å². The molecule has 0 spiro atoms. The molecule has 0 aliphatic carbocycles. The van der Waals surface area contributed by atoms with Crippen LogP contribution in [0.1, 0.15) is 5.56 Å². The van der Waals surface area contributed by atoms with Crippen LogP contribution in [0.4, 0.5) is 13.2 Å². The van der Waals surface area contributed by atoms with Gasteiger partial charge < -0.3 is 4.18 Å². The molecule has 1 rings (SSSR count). The molecule has 0 N–H and O–H groups in total. The highest BCUT2D eigenvalue weighted by Crippen LogP contribution is 2.29. The van der Waals surface area contributed by atoms with Gasteiger partial charge >= 0.3 is 15.6 Å². The van der Waals surface area contributed by atoms with Gasteiger partial charge in [0.25, 0.3) is 0 Å². The summed E-state index contributed by atoms with van der Waals surface area (Å²) in [5.74, 6) is -0.394. The summed E-state index contributed by atoms with van der Waals surface area (Å²) in [7, 11) is -5.60. The van der Waals surface area contributed by atoms with E-state index in [-0.39, 0.29) is 0 Å². The van der Waals surface area contributed by atoms with Crippen LogP contribution in [0, 0.1) is 6.92 Å². The molecule has 0 fully saturated rings. The van der Waals surface area contributed by atoms with Gasteiger partial charge in [-0.25, -0.2) is 0 Å². The zero-order valence-corrected chi connectivity index (χ0v) is 10.3.